The van der Waals surface area contributed by atoms with Gasteiger partial charge in [-0.3, -0.25) is 9.36 Å². The minimum absolute atomic E-state index is 0.0516. The molecule has 4 atom stereocenters. The SMILES string of the molecule is C=CCO[C@@H]1[C@H](OCc2ccc(Cl)cc2Cl)[C@@H](COCc2ccc(Cl)cc2Cl)O[C@H]1n1cc(C)c(=O)n(COCc2ccccc2)c1=O. The number of aromatic nitrogens is 2. The van der Waals surface area contributed by atoms with Gasteiger partial charge in [-0.25, -0.2) is 9.36 Å². The van der Waals surface area contributed by atoms with E-state index in [1.165, 1.54) is 10.8 Å². The number of rotatable bonds is 15. The Morgan fingerprint density at radius 1 is 0.833 bits per heavy atom. The van der Waals surface area contributed by atoms with E-state index in [2.05, 4.69) is 6.58 Å². The fourth-order valence-electron chi connectivity index (χ4n) is 5.26. The number of benzene rings is 3. The van der Waals surface area contributed by atoms with Gasteiger partial charge in [0.2, 0.25) is 0 Å². The molecule has 1 aliphatic rings. The highest BCUT2D eigenvalue weighted by atomic mass is 35.5. The highest BCUT2D eigenvalue weighted by molar-refractivity contribution is 6.35. The third-order valence-corrected chi connectivity index (χ3v) is 8.84. The van der Waals surface area contributed by atoms with E-state index < -0.39 is 35.8 Å². The van der Waals surface area contributed by atoms with Crippen LogP contribution in [0, 0.1) is 6.92 Å². The Morgan fingerprint density at radius 2 is 1.50 bits per heavy atom. The van der Waals surface area contributed by atoms with Crippen molar-refractivity contribution in [2.24, 2.45) is 0 Å². The Balaban J connectivity index is 1.44. The first-order valence-electron chi connectivity index (χ1n) is 15.1. The second kappa shape index (κ2) is 17.1. The lowest BCUT2D eigenvalue weighted by Crippen LogP contribution is -2.45. The normalized spacial score (nSPS) is 19.1. The summed E-state index contributed by atoms with van der Waals surface area (Å²) < 4.78 is 33.3. The summed E-state index contributed by atoms with van der Waals surface area (Å²) in [5, 5.41) is 1.89. The molecular formula is C35H34Cl4N2O7. The molecule has 1 saturated heterocycles. The highest BCUT2D eigenvalue weighted by Gasteiger charge is 2.48. The fraction of sp³-hybridized carbons (Fsp3) is 0.314. The van der Waals surface area contributed by atoms with E-state index in [0.717, 1.165) is 15.7 Å². The second-order valence-corrected chi connectivity index (χ2v) is 12.8. The minimum Gasteiger partial charge on any atom is -0.374 e. The van der Waals surface area contributed by atoms with Gasteiger partial charge in [-0.1, -0.05) is 94.9 Å². The zero-order chi connectivity index (χ0) is 34.2. The predicted molar refractivity (Wildman–Crippen MR) is 186 cm³/mol. The number of nitrogens with zero attached hydrogens (tertiary/aromatic N) is 2. The molecule has 1 fully saturated rings. The molecule has 5 rings (SSSR count). The summed E-state index contributed by atoms with van der Waals surface area (Å²) in [7, 11) is 0. The molecule has 0 aliphatic carbocycles. The molecule has 13 heteroatoms. The van der Waals surface area contributed by atoms with Crippen LogP contribution in [0.5, 0.6) is 0 Å². The lowest BCUT2D eigenvalue weighted by Gasteiger charge is -2.26. The first kappa shape index (κ1) is 36.3. The maximum Gasteiger partial charge on any atom is 0.335 e. The highest BCUT2D eigenvalue weighted by Crippen LogP contribution is 2.35. The Labute approximate surface area is 298 Å². The molecular weight excluding hydrogens is 702 g/mol. The van der Waals surface area contributed by atoms with Crippen molar-refractivity contribution in [1.29, 1.82) is 0 Å². The average molecular weight is 736 g/mol. The van der Waals surface area contributed by atoms with Gasteiger partial charge < -0.3 is 23.7 Å². The maximum absolute atomic E-state index is 13.9. The number of ether oxygens (including phenoxy) is 5. The monoisotopic (exact) mass is 734 g/mol. The standard InChI is InChI=1S/C35H34Cl4N2O7/c1-3-13-46-32-31(47-19-25-10-12-27(37)15-29(25)39)30(20-44-18-24-9-11-26(36)14-28(24)38)48-34(32)40-16-22(2)33(42)41(35(40)43)21-45-17-23-7-5-4-6-8-23/h3-12,14-16,30-32,34H,1,13,17-21H2,2H3/t30-,31-,32-,34-/m1/s1. The molecule has 0 spiro atoms. The van der Waals surface area contributed by atoms with E-state index in [1.54, 1.807) is 49.4 Å². The van der Waals surface area contributed by atoms with Crippen molar-refractivity contribution in [3.8, 4) is 0 Å². The van der Waals surface area contributed by atoms with Gasteiger partial charge >= 0.3 is 5.69 Å². The summed E-state index contributed by atoms with van der Waals surface area (Å²) in [4.78, 5) is 27.0. The molecule has 48 heavy (non-hydrogen) atoms. The smallest absolute Gasteiger partial charge is 0.335 e. The van der Waals surface area contributed by atoms with Crippen molar-refractivity contribution < 1.29 is 23.7 Å². The molecule has 3 aromatic carbocycles. The second-order valence-electron chi connectivity index (χ2n) is 11.1. The van der Waals surface area contributed by atoms with E-state index in [9.17, 15) is 9.59 Å². The van der Waals surface area contributed by atoms with Gasteiger partial charge in [0, 0.05) is 31.9 Å². The summed E-state index contributed by atoms with van der Waals surface area (Å²) >= 11 is 25.0. The van der Waals surface area contributed by atoms with Crippen molar-refractivity contribution >= 4 is 46.4 Å². The van der Waals surface area contributed by atoms with Gasteiger partial charge in [-0.05, 0) is 47.9 Å². The van der Waals surface area contributed by atoms with Crippen molar-refractivity contribution in [1.82, 2.24) is 9.13 Å². The summed E-state index contributed by atoms with van der Waals surface area (Å²) in [6.07, 6.45) is -0.251. The van der Waals surface area contributed by atoms with E-state index in [1.807, 2.05) is 30.3 Å². The summed E-state index contributed by atoms with van der Waals surface area (Å²) in [6, 6.07) is 19.7. The molecule has 0 amide bonds. The Kier molecular flexibility index (Phi) is 13.0. The van der Waals surface area contributed by atoms with Crippen molar-refractivity contribution in [3.63, 3.8) is 0 Å². The van der Waals surface area contributed by atoms with Crippen molar-refractivity contribution in [3.05, 3.63) is 149 Å². The molecule has 2 heterocycles. The number of aryl methyl sites for hydroxylation is 1. The van der Waals surface area contributed by atoms with Gasteiger partial charge in [0.15, 0.2) is 6.23 Å². The molecule has 0 unspecified atom stereocenters. The fourth-order valence-corrected chi connectivity index (χ4v) is 6.18. The zero-order valence-corrected chi connectivity index (χ0v) is 29.1. The topological polar surface area (TPSA) is 90.2 Å². The first-order chi connectivity index (χ1) is 23.2. The zero-order valence-electron chi connectivity index (χ0n) is 26.0. The number of hydrogen-bond donors (Lipinski definition) is 0. The van der Waals surface area contributed by atoms with E-state index in [4.69, 9.17) is 70.1 Å². The Morgan fingerprint density at radius 3 is 2.15 bits per heavy atom. The summed E-state index contributed by atoms with van der Waals surface area (Å²) in [5.74, 6) is 0. The van der Waals surface area contributed by atoms with Crippen molar-refractivity contribution in [2.45, 2.75) is 58.0 Å². The number of hydrogen-bond acceptors (Lipinski definition) is 7. The van der Waals surface area contributed by atoms with Crippen LogP contribution in [-0.4, -0.2) is 40.7 Å². The summed E-state index contributed by atoms with van der Waals surface area (Å²) in [5.41, 5.74) is 1.53. The van der Waals surface area contributed by atoms with E-state index in [-0.39, 0.29) is 39.8 Å². The Bertz CT molecular complexity index is 1830. The van der Waals surface area contributed by atoms with Gasteiger partial charge in [0.25, 0.3) is 5.56 Å². The minimum atomic E-state index is -1.00. The lowest BCUT2D eigenvalue weighted by atomic mass is 10.1. The van der Waals surface area contributed by atoms with Gasteiger partial charge in [0.05, 0.1) is 33.0 Å². The molecule has 0 bridgehead atoms. The largest absolute Gasteiger partial charge is 0.374 e. The third-order valence-electron chi connectivity index (χ3n) is 7.67. The van der Waals surface area contributed by atoms with Crippen LogP contribution in [-0.2, 0) is 50.2 Å². The van der Waals surface area contributed by atoms with Crippen LogP contribution in [0.2, 0.25) is 20.1 Å². The van der Waals surface area contributed by atoms with Crippen LogP contribution < -0.4 is 11.2 Å². The molecule has 1 aliphatic heterocycles. The van der Waals surface area contributed by atoms with E-state index in [0.29, 0.717) is 31.2 Å². The van der Waals surface area contributed by atoms with Crippen LogP contribution in [0.1, 0.15) is 28.5 Å². The third kappa shape index (κ3) is 8.98. The summed E-state index contributed by atoms with van der Waals surface area (Å²) in [6.45, 7) is 5.78. The molecule has 254 valence electrons. The maximum atomic E-state index is 13.9. The van der Waals surface area contributed by atoms with E-state index >= 15 is 0 Å². The molecule has 0 N–H and O–H groups in total. The Hall–Kier alpha value is -2.96. The van der Waals surface area contributed by atoms with Gasteiger partial charge in [-0.2, -0.15) is 0 Å². The van der Waals surface area contributed by atoms with Crippen LogP contribution >= 0.6 is 46.4 Å². The average Bonchev–Trinajstić information content (AvgIpc) is 3.40. The van der Waals surface area contributed by atoms with Gasteiger partial charge in [0.1, 0.15) is 25.0 Å². The molecule has 4 aromatic rings. The quantitative estimate of drug-likeness (QED) is 0.118. The molecule has 0 radical (unpaired) electrons. The molecule has 1 aromatic heterocycles. The van der Waals surface area contributed by atoms with Crippen LogP contribution in [0.4, 0.5) is 0 Å². The van der Waals surface area contributed by atoms with Crippen LogP contribution in [0.25, 0.3) is 0 Å². The molecule has 9 nitrogen and oxygen atoms in total. The van der Waals surface area contributed by atoms with Crippen LogP contribution in [0.15, 0.2) is 95.2 Å². The molecule has 0 saturated carbocycles. The van der Waals surface area contributed by atoms with Gasteiger partial charge in [-0.15, -0.1) is 6.58 Å². The predicted octanol–water partition coefficient (Wildman–Crippen LogP) is 7.38. The lowest BCUT2D eigenvalue weighted by molar-refractivity contribution is -0.0844. The van der Waals surface area contributed by atoms with Crippen LogP contribution in [0.3, 0.4) is 0 Å². The van der Waals surface area contributed by atoms with Crippen molar-refractivity contribution in [2.75, 3.05) is 13.2 Å². The number of halogens is 4. The first-order valence-corrected chi connectivity index (χ1v) is 16.6.